The second-order valence-electron chi connectivity index (χ2n) is 9.28. The molecule has 0 aliphatic heterocycles. The molecule has 4 aromatic carbocycles. The molecule has 224 valence electrons. The summed E-state index contributed by atoms with van der Waals surface area (Å²) in [4.78, 5) is 32.5. The van der Waals surface area contributed by atoms with Crippen LogP contribution in [0.15, 0.2) is 102 Å². The Hall–Kier alpha value is -5.26. The lowest BCUT2D eigenvalue weighted by molar-refractivity contribution is -0.385. The van der Waals surface area contributed by atoms with E-state index in [4.69, 9.17) is 5.21 Å². The van der Waals surface area contributed by atoms with E-state index in [0.717, 1.165) is 31.2 Å². The Bertz CT molecular complexity index is 1500. The van der Waals surface area contributed by atoms with Gasteiger partial charge in [-0.1, -0.05) is 80.4 Å². The molecule has 4 N–H and O–H groups in total. The fraction of sp³-hybridized carbons (Fsp3) is 0.188. The van der Waals surface area contributed by atoms with Crippen molar-refractivity contribution >= 4 is 22.9 Å². The molecule has 0 atom stereocenters. The third-order valence-electron chi connectivity index (χ3n) is 6.31. The van der Waals surface area contributed by atoms with E-state index in [0.29, 0.717) is 22.4 Å². The first-order chi connectivity index (χ1) is 20.8. The number of nitro groups is 2. The first-order valence-electron chi connectivity index (χ1n) is 13.5. The Morgan fingerprint density at radius 3 is 1.23 bits per heavy atom. The number of nitro benzene ring substituents is 2. The molecule has 0 fully saturated rings. The highest BCUT2D eigenvalue weighted by atomic mass is 16.6. The number of hydrogen-bond donors (Lipinski definition) is 3. The van der Waals surface area contributed by atoms with Crippen molar-refractivity contribution < 1.29 is 25.1 Å². The molecular weight excluding hydrogens is 552 g/mol. The number of nitrogens with two attached hydrogens (primary N) is 1. The van der Waals surface area contributed by atoms with Gasteiger partial charge in [0.05, 0.1) is 9.85 Å². The van der Waals surface area contributed by atoms with E-state index >= 15 is 0 Å². The number of hydrogen-bond acceptors (Lipinski definition) is 9. The minimum atomic E-state index is -0.478. The van der Waals surface area contributed by atoms with Crippen molar-refractivity contribution in [3.05, 3.63) is 151 Å². The summed E-state index contributed by atoms with van der Waals surface area (Å²) in [6.07, 6.45) is 4.13. The molecule has 11 nitrogen and oxygen atoms in total. The van der Waals surface area contributed by atoms with Crippen LogP contribution in [0, 0.1) is 20.2 Å². The van der Waals surface area contributed by atoms with Crippen LogP contribution in [-0.2, 0) is 12.8 Å². The number of benzene rings is 4. The van der Waals surface area contributed by atoms with E-state index in [-0.39, 0.29) is 17.2 Å². The van der Waals surface area contributed by atoms with E-state index in [1.54, 1.807) is 24.3 Å². The Labute approximate surface area is 249 Å². The molecule has 0 heterocycles. The van der Waals surface area contributed by atoms with Crippen molar-refractivity contribution in [2.24, 2.45) is 11.1 Å². The van der Waals surface area contributed by atoms with Crippen molar-refractivity contribution in [1.82, 2.24) is 0 Å². The van der Waals surface area contributed by atoms with E-state index in [2.05, 4.69) is 24.9 Å². The van der Waals surface area contributed by atoms with E-state index in [1.165, 1.54) is 47.5 Å². The predicted molar refractivity (Wildman–Crippen MR) is 164 cm³/mol. The van der Waals surface area contributed by atoms with Crippen LogP contribution >= 0.6 is 0 Å². The molecule has 4 aromatic rings. The Kier molecular flexibility index (Phi) is 13.8. The summed E-state index contributed by atoms with van der Waals surface area (Å²) in [7, 11) is 0. The predicted octanol–water partition coefficient (Wildman–Crippen LogP) is 6.89. The molecule has 43 heavy (non-hydrogen) atoms. The molecule has 0 amide bonds. The lowest BCUT2D eigenvalue weighted by atomic mass is 10.00. The number of ketones is 1. The van der Waals surface area contributed by atoms with Gasteiger partial charge in [0.1, 0.15) is 5.71 Å². The van der Waals surface area contributed by atoms with Gasteiger partial charge in [0.15, 0.2) is 5.78 Å². The quantitative estimate of drug-likeness (QED) is 0.0590. The average Bonchev–Trinajstić information content (AvgIpc) is 3.04. The minimum Gasteiger partial charge on any atom is -0.410 e. The largest absolute Gasteiger partial charge is 0.410 e. The van der Waals surface area contributed by atoms with Gasteiger partial charge in [-0.3, -0.25) is 25.0 Å². The smallest absolute Gasteiger partial charge is 0.269 e. The van der Waals surface area contributed by atoms with E-state index < -0.39 is 9.85 Å². The molecule has 4 rings (SSSR count). The van der Waals surface area contributed by atoms with Gasteiger partial charge in [-0.15, -0.1) is 0 Å². The summed E-state index contributed by atoms with van der Waals surface area (Å²) < 4.78 is 0. The van der Waals surface area contributed by atoms with Crippen LogP contribution < -0.4 is 5.90 Å². The highest BCUT2D eigenvalue weighted by Crippen LogP contribution is 2.18. The Balaban J connectivity index is 0.000000284. The van der Waals surface area contributed by atoms with E-state index in [1.807, 2.05) is 36.4 Å². The number of carbonyl (C=O) groups excluding carboxylic acids is 1. The minimum absolute atomic E-state index is 0.00864. The third-order valence-corrected chi connectivity index (χ3v) is 6.31. The normalized spacial score (nSPS) is 10.5. The van der Waals surface area contributed by atoms with Crippen molar-refractivity contribution in [3.8, 4) is 0 Å². The molecule has 0 aliphatic rings. The zero-order valence-electron chi connectivity index (χ0n) is 23.9. The molecule has 0 aliphatic carbocycles. The Morgan fingerprint density at radius 2 is 0.930 bits per heavy atom. The summed E-state index contributed by atoms with van der Waals surface area (Å²) in [6, 6.07) is 26.9. The van der Waals surface area contributed by atoms with Crippen molar-refractivity contribution in [1.29, 1.82) is 0 Å². The molecular formula is C32H34N4O7. The summed E-state index contributed by atoms with van der Waals surface area (Å²) >= 11 is 0. The van der Waals surface area contributed by atoms with Gasteiger partial charge in [0.25, 0.3) is 11.4 Å². The molecule has 0 saturated carbocycles. The second kappa shape index (κ2) is 17.5. The maximum Gasteiger partial charge on any atom is 0.269 e. The Morgan fingerprint density at radius 1 is 0.628 bits per heavy atom. The van der Waals surface area contributed by atoms with Crippen molar-refractivity contribution in [2.45, 2.75) is 39.5 Å². The van der Waals surface area contributed by atoms with Crippen LogP contribution in [0.1, 0.15) is 64.9 Å². The number of aryl methyl sites for hydroxylation is 2. The van der Waals surface area contributed by atoms with Crippen LogP contribution in [0.5, 0.6) is 0 Å². The third kappa shape index (κ3) is 9.95. The van der Waals surface area contributed by atoms with Gasteiger partial charge in [-0.25, -0.2) is 5.90 Å². The SMILES string of the molecule is CCCc1ccc(/C(=N\O)c2ccc([N+](=O)[O-])cc2)cc1.CCCc1ccc(C(=O)c2ccc([N+](=O)[O-])cc2)cc1.NO. The molecule has 0 radical (unpaired) electrons. The number of nitrogens with zero attached hydrogens (tertiary/aromatic N) is 3. The van der Waals surface area contributed by atoms with Gasteiger partial charge in [0.2, 0.25) is 0 Å². The van der Waals surface area contributed by atoms with Gasteiger partial charge in [0, 0.05) is 46.5 Å². The van der Waals surface area contributed by atoms with Gasteiger partial charge in [-0.05, 0) is 48.2 Å². The number of oxime groups is 1. The molecule has 0 unspecified atom stereocenters. The fourth-order valence-corrected chi connectivity index (χ4v) is 4.15. The topological polar surface area (TPSA) is 182 Å². The zero-order chi connectivity index (χ0) is 31.8. The summed E-state index contributed by atoms with van der Waals surface area (Å²) in [5, 5.41) is 40.3. The number of carbonyl (C=O) groups is 1. The highest BCUT2D eigenvalue weighted by Gasteiger charge is 2.12. The van der Waals surface area contributed by atoms with Crippen molar-refractivity contribution in [2.75, 3.05) is 0 Å². The maximum atomic E-state index is 12.2. The van der Waals surface area contributed by atoms with Crippen LogP contribution in [0.3, 0.4) is 0 Å². The van der Waals surface area contributed by atoms with Crippen LogP contribution in [0.2, 0.25) is 0 Å². The second-order valence-corrected chi connectivity index (χ2v) is 9.28. The summed E-state index contributed by atoms with van der Waals surface area (Å²) in [6.45, 7) is 4.22. The maximum absolute atomic E-state index is 12.2. The van der Waals surface area contributed by atoms with Crippen LogP contribution in [0.25, 0.3) is 0 Å². The first kappa shape index (κ1) is 33.9. The van der Waals surface area contributed by atoms with Gasteiger partial charge in [-0.2, -0.15) is 0 Å². The molecule has 0 spiro atoms. The molecule has 11 heteroatoms. The number of non-ortho nitro benzene ring substituents is 2. The van der Waals surface area contributed by atoms with E-state index in [9.17, 15) is 30.2 Å². The summed E-state index contributed by atoms with van der Waals surface area (Å²) in [5.74, 6) is 3.38. The van der Waals surface area contributed by atoms with Gasteiger partial charge < -0.3 is 10.4 Å². The zero-order valence-corrected chi connectivity index (χ0v) is 23.9. The highest BCUT2D eigenvalue weighted by molar-refractivity contribution is 6.12. The molecule has 0 saturated heterocycles. The van der Waals surface area contributed by atoms with Crippen LogP contribution in [0.4, 0.5) is 11.4 Å². The first-order valence-corrected chi connectivity index (χ1v) is 13.5. The monoisotopic (exact) mass is 586 g/mol. The van der Waals surface area contributed by atoms with Crippen molar-refractivity contribution in [3.63, 3.8) is 0 Å². The lowest BCUT2D eigenvalue weighted by Gasteiger charge is -2.06. The average molecular weight is 587 g/mol. The molecule has 0 aromatic heterocycles. The number of rotatable bonds is 10. The molecule has 0 bridgehead atoms. The van der Waals surface area contributed by atoms with Crippen LogP contribution in [-0.4, -0.2) is 31.8 Å². The fourth-order valence-electron chi connectivity index (χ4n) is 4.15. The van der Waals surface area contributed by atoms with Gasteiger partial charge >= 0.3 is 0 Å². The lowest BCUT2D eigenvalue weighted by Crippen LogP contribution is -2.03. The standard InChI is InChI=1S/C16H16N2O3.C16H15NO3.H3NO/c1-2-3-12-4-6-13(7-5-12)16(17-19)14-8-10-15(11-9-14)18(20)21;1-2-3-12-4-6-13(7-5-12)16(18)14-8-10-15(11-9-14)17(19)20;1-2/h4-11,19H,2-3H2,1H3;4-11H,2-3H2,1H3;2H,1H2/b17-16+;;. The summed E-state index contributed by atoms with van der Waals surface area (Å²) in [5.41, 5.74) is 5.27.